The number of hydrogen-bond acceptors (Lipinski definition) is 3. The van der Waals surface area contributed by atoms with Gasteiger partial charge in [0.1, 0.15) is 5.75 Å². The summed E-state index contributed by atoms with van der Waals surface area (Å²) in [6.45, 7) is 2.66. The van der Waals surface area contributed by atoms with Crippen molar-refractivity contribution in [3.63, 3.8) is 0 Å². The Hall–Kier alpha value is -1.87. The number of hydrogen-bond donors (Lipinski definition) is 1. The first-order valence-electron chi connectivity index (χ1n) is 7.21. The lowest BCUT2D eigenvalue weighted by Crippen LogP contribution is -2.19. The maximum absolute atomic E-state index is 6.48. The predicted octanol–water partition coefficient (Wildman–Crippen LogP) is 3.21. The molecule has 1 aliphatic carbocycles. The smallest absolute Gasteiger partial charge is 0.119 e. The van der Waals surface area contributed by atoms with Crippen molar-refractivity contribution in [3.8, 4) is 5.75 Å². The van der Waals surface area contributed by atoms with E-state index in [1.807, 2.05) is 31.3 Å². The molecule has 0 saturated heterocycles. The van der Waals surface area contributed by atoms with Gasteiger partial charge in [0.05, 0.1) is 6.61 Å². The molecule has 2 atom stereocenters. The molecular weight excluding hydrogens is 248 g/mol. The van der Waals surface area contributed by atoms with Crippen LogP contribution in [0, 0.1) is 0 Å². The van der Waals surface area contributed by atoms with Crippen LogP contribution in [0.5, 0.6) is 5.75 Å². The van der Waals surface area contributed by atoms with Gasteiger partial charge in [-0.2, -0.15) is 0 Å². The van der Waals surface area contributed by atoms with Crippen LogP contribution in [0.1, 0.15) is 42.1 Å². The summed E-state index contributed by atoms with van der Waals surface area (Å²) >= 11 is 0. The van der Waals surface area contributed by atoms with Gasteiger partial charge in [0.25, 0.3) is 0 Å². The largest absolute Gasteiger partial charge is 0.494 e. The van der Waals surface area contributed by atoms with Crippen LogP contribution in [0.3, 0.4) is 0 Å². The summed E-state index contributed by atoms with van der Waals surface area (Å²) in [7, 11) is 0. The summed E-state index contributed by atoms with van der Waals surface area (Å²) in [5, 5.41) is 0. The number of nitrogens with two attached hydrogens (primary N) is 1. The number of benzene rings is 1. The Labute approximate surface area is 119 Å². The van der Waals surface area contributed by atoms with Gasteiger partial charge in [-0.25, -0.2) is 0 Å². The number of nitrogens with zero attached hydrogens (tertiary/aromatic N) is 1. The minimum atomic E-state index is -0.0217. The van der Waals surface area contributed by atoms with Crippen molar-refractivity contribution >= 4 is 0 Å². The summed E-state index contributed by atoms with van der Waals surface area (Å²) in [5.41, 5.74) is 10.1. The highest BCUT2D eigenvalue weighted by atomic mass is 16.5. The second-order valence-corrected chi connectivity index (χ2v) is 5.22. The number of pyridine rings is 1. The quantitative estimate of drug-likeness (QED) is 0.926. The van der Waals surface area contributed by atoms with Gasteiger partial charge in [-0.3, -0.25) is 4.98 Å². The van der Waals surface area contributed by atoms with Crippen LogP contribution < -0.4 is 10.5 Å². The number of rotatable bonds is 4. The van der Waals surface area contributed by atoms with Crippen LogP contribution in [0.15, 0.2) is 42.6 Å². The molecule has 3 heteroatoms. The van der Waals surface area contributed by atoms with Gasteiger partial charge in [0.15, 0.2) is 0 Å². The number of ether oxygens (including phenoxy) is 1. The normalized spacial score (nSPS) is 18.6. The van der Waals surface area contributed by atoms with Crippen molar-refractivity contribution in [3.05, 3.63) is 59.4 Å². The molecule has 2 N–H and O–H groups in total. The summed E-state index contributed by atoms with van der Waals surface area (Å²) in [6, 6.07) is 12.2. The molecule has 0 aliphatic heterocycles. The van der Waals surface area contributed by atoms with Crippen LogP contribution in [-0.4, -0.2) is 11.6 Å². The van der Waals surface area contributed by atoms with E-state index < -0.39 is 0 Å². The van der Waals surface area contributed by atoms with Gasteiger partial charge in [0, 0.05) is 23.9 Å². The van der Waals surface area contributed by atoms with Gasteiger partial charge in [-0.1, -0.05) is 18.2 Å². The molecule has 2 unspecified atom stereocenters. The Kier molecular flexibility index (Phi) is 3.70. The topological polar surface area (TPSA) is 48.1 Å². The van der Waals surface area contributed by atoms with Crippen molar-refractivity contribution < 1.29 is 4.74 Å². The molecular formula is C17H20N2O. The first-order chi connectivity index (χ1) is 9.79. The molecule has 0 saturated carbocycles. The van der Waals surface area contributed by atoms with Crippen LogP contribution in [0.2, 0.25) is 0 Å². The number of aromatic nitrogens is 1. The van der Waals surface area contributed by atoms with Gasteiger partial charge < -0.3 is 10.5 Å². The average Bonchev–Trinajstić information content (AvgIpc) is 2.91. The molecule has 1 aromatic heterocycles. The van der Waals surface area contributed by atoms with Crippen molar-refractivity contribution in [1.29, 1.82) is 0 Å². The Balaban J connectivity index is 1.86. The maximum Gasteiger partial charge on any atom is 0.119 e. The first-order valence-corrected chi connectivity index (χ1v) is 7.21. The highest BCUT2D eigenvalue weighted by Gasteiger charge is 2.29. The minimum Gasteiger partial charge on any atom is -0.494 e. The molecule has 20 heavy (non-hydrogen) atoms. The SMILES string of the molecule is CCOc1cccc(C(N)C2CCc3cccnc32)c1. The zero-order valence-corrected chi connectivity index (χ0v) is 11.8. The third kappa shape index (κ3) is 2.41. The molecule has 104 valence electrons. The maximum atomic E-state index is 6.48. The van der Waals surface area contributed by atoms with Crippen LogP contribution in [0.4, 0.5) is 0 Å². The van der Waals surface area contributed by atoms with Crippen molar-refractivity contribution in [1.82, 2.24) is 4.98 Å². The Morgan fingerprint density at radius 2 is 2.25 bits per heavy atom. The van der Waals surface area contributed by atoms with Crippen LogP contribution in [-0.2, 0) is 6.42 Å². The van der Waals surface area contributed by atoms with Crippen LogP contribution in [0.25, 0.3) is 0 Å². The number of aryl methyl sites for hydroxylation is 1. The fraction of sp³-hybridized carbons (Fsp3) is 0.353. The number of fused-ring (bicyclic) bond motifs is 1. The Bertz CT molecular complexity index is 597. The Morgan fingerprint density at radius 3 is 3.10 bits per heavy atom. The first kappa shape index (κ1) is 13.1. The third-order valence-corrected chi connectivity index (χ3v) is 3.99. The van der Waals surface area contributed by atoms with E-state index in [1.54, 1.807) is 0 Å². The van der Waals surface area contributed by atoms with E-state index in [9.17, 15) is 0 Å². The van der Waals surface area contributed by atoms with E-state index >= 15 is 0 Å². The van der Waals surface area contributed by atoms with Crippen molar-refractivity contribution in [2.45, 2.75) is 31.7 Å². The van der Waals surface area contributed by atoms with Crippen molar-refractivity contribution in [2.24, 2.45) is 5.73 Å². The van der Waals surface area contributed by atoms with E-state index in [1.165, 1.54) is 11.3 Å². The third-order valence-electron chi connectivity index (χ3n) is 3.99. The molecule has 3 nitrogen and oxygen atoms in total. The molecule has 1 aliphatic rings. The van der Waals surface area contributed by atoms with E-state index in [0.717, 1.165) is 24.2 Å². The fourth-order valence-electron chi connectivity index (χ4n) is 3.00. The zero-order valence-electron chi connectivity index (χ0n) is 11.8. The summed E-state index contributed by atoms with van der Waals surface area (Å²) in [5.74, 6) is 1.20. The molecule has 2 aromatic rings. The average molecular weight is 268 g/mol. The fourth-order valence-corrected chi connectivity index (χ4v) is 3.00. The lowest BCUT2D eigenvalue weighted by molar-refractivity contribution is 0.339. The monoisotopic (exact) mass is 268 g/mol. The lowest BCUT2D eigenvalue weighted by atomic mass is 9.91. The van der Waals surface area contributed by atoms with Gasteiger partial charge in [0.2, 0.25) is 0 Å². The van der Waals surface area contributed by atoms with E-state index in [-0.39, 0.29) is 6.04 Å². The van der Waals surface area contributed by atoms with Gasteiger partial charge in [-0.05, 0) is 49.1 Å². The van der Waals surface area contributed by atoms with Gasteiger partial charge >= 0.3 is 0 Å². The van der Waals surface area contributed by atoms with E-state index in [2.05, 4.69) is 23.2 Å². The summed E-state index contributed by atoms with van der Waals surface area (Å²) in [6.07, 6.45) is 4.01. The molecule has 1 heterocycles. The Morgan fingerprint density at radius 1 is 1.35 bits per heavy atom. The van der Waals surface area contributed by atoms with Crippen LogP contribution >= 0.6 is 0 Å². The molecule has 0 fully saturated rings. The predicted molar refractivity (Wildman–Crippen MR) is 79.8 cm³/mol. The summed E-state index contributed by atoms with van der Waals surface area (Å²) in [4.78, 5) is 4.53. The second kappa shape index (κ2) is 5.63. The van der Waals surface area contributed by atoms with Gasteiger partial charge in [-0.15, -0.1) is 0 Å². The molecule has 0 radical (unpaired) electrons. The van der Waals surface area contributed by atoms with E-state index in [4.69, 9.17) is 10.5 Å². The molecule has 0 spiro atoms. The lowest BCUT2D eigenvalue weighted by Gasteiger charge is -2.20. The second-order valence-electron chi connectivity index (χ2n) is 5.22. The molecule has 1 aromatic carbocycles. The summed E-state index contributed by atoms with van der Waals surface area (Å²) < 4.78 is 5.56. The van der Waals surface area contributed by atoms with E-state index in [0.29, 0.717) is 12.5 Å². The minimum absolute atomic E-state index is 0.0217. The van der Waals surface area contributed by atoms with Crippen molar-refractivity contribution in [2.75, 3.05) is 6.61 Å². The highest BCUT2D eigenvalue weighted by Crippen LogP contribution is 2.39. The molecule has 0 bridgehead atoms. The standard InChI is InChI=1S/C17H20N2O/c1-2-20-14-7-3-5-13(11-14)16(18)15-9-8-12-6-4-10-19-17(12)15/h3-7,10-11,15-16H,2,8-9,18H2,1H3. The molecule has 0 amide bonds. The molecule has 3 rings (SSSR count). The zero-order chi connectivity index (χ0) is 13.9. The highest BCUT2D eigenvalue weighted by molar-refractivity contribution is 5.36.